The van der Waals surface area contributed by atoms with Crippen molar-refractivity contribution in [3.8, 4) is 0 Å². The fourth-order valence-electron chi connectivity index (χ4n) is 4.00. The second kappa shape index (κ2) is 11.6. The minimum Gasteiger partial charge on any atom is -0.463 e. The molecular formula is C26H26ClFO6S. The van der Waals surface area contributed by atoms with Gasteiger partial charge in [-0.05, 0) is 49.2 Å². The van der Waals surface area contributed by atoms with Crippen LogP contribution in [0.1, 0.15) is 35.7 Å². The van der Waals surface area contributed by atoms with Gasteiger partial charge in [-0.25, -0.2) is 14.0 Å². The Hall–Kier alpha value is -2.39. The lowest BCUT2D eigenvalue weighted by molar-refractivity contribution is -0.148. The van der Waals surface area contributed by atoms with Crippen LogP contribution in [0.15, 0.2) is 60.2 Å². The van der Waals surface area contributed by atoms with Crippen molar-refractivity contribution in [1.29, 1.82) is 0 Å². The van der Waals surface area contributed by atoms with Crippen LogP contribution in [0.2, 0.25) is 5.02 Å². The van der Waals surface area contributed by atoms with E-state index in [2.05, 4.69) is 0 Å². The molecule has 1 aliphatic heterocycles. The van der Waals surface area contributed by atoms with Gasteiger partial charge >= 0.3 is 11.9 Å². The van der Waals surface area contributed by atoms with Gasteiger partial charge in [0.15, 0.2) is 5.79 Å². The molecule has 2 unspecified atom stereocenters. The smallest absolute Gasteiger partial charge is 0.338 e. The maximum absolute atomic E-state index is 13.4. The molecule has 0 saturated carbocycles. The maximum atomic E-state index is 13.4. The normalized spacial score (nSPS) is 23.7. The average Bonchev–Trinajstić information content (AvgIpc) is 3.25. The summed E-state index contributed by atoms with van der Waals surface area (Å²) in [6.45, 7) is 2.26. The summed E-state index contributed by atoms with van der Waals surface area (Å²) in [7, 11) is 0. The summed E-state index contributed by atoms with van der Waals surface area (Å²) >= 11 is 7.70. The number of esters is 2. The quantitative estimate of drug-likeness (QED) is 0.435. The highest BCUT2D eigenvalue weighted by atomic mass is 35.5. The Labute approximate surface area is 212 Å². The van der Waals surface area contributed by atoms with Crippen LogP contribution in [-0.2, 0) is 29.5 Å². The number of carbonyl (C=O) groups is 2. The number of carbonyl (C=O) groups excluding carboxylic acids is 2. The molecule has 0 N–H and O–H groups in total. The van der Waals surface area contributed by atoms with Gasteiger partial charge in [0.05, 0.1) is 24.4 Å². The molecule has 0 amide bonds. The Morgan fingerprint density at radius 2 is 1.97 bits per heavy atom. The summed E-state index contributed by atoms with van der Waals surface area (Å²) in [5.41, 5.74) is 1.71. The lowest BCUT2D eigenvalue weighted by atomic mass is 9.94. The van der Waals surface area contributed by atoms with E-state index in [4.69, 9.17) is 30.5 Å². The van der Waals surface area contributed by atoms with E-state index in [9.17, 15) is 14.0 Å². The molecule has 4 rings (SSSR count). The first-order chi connectivity index (χ1) is 16.9. The Kier molecular flexibility index (Phi) is 8.49. The molecule has 2 aromatic rings. The number of rotatable bonds is 8. The lowest BCUT2D eigenvalue weighted by Gasteiger charge is -2.33. The van der Waals surface area contributed by atoms with E-state index in [0.717, 1.165) is 5.56 Å². The fourth-order valence-corrected chi connectivity index (χ4v) is 5.57. The molecule has 1 fully saturated rings. The largest absolute Gasteiger partial charge is 0.463 e. The molecule has 1 spiro atoms. The standard InChI is InChI=1S/C26H26ClFO6S/c1-2-31-25(30)21-13-26(11-10-23(21)35-16-18-8-9-19(28)12-22(18)27)33-15-20(34-26)14-32-24(29)17-6-4-3-5-7-17/h3-9,12-13,20,23H,2,10-11,14-16H2,1H3/t20-,23?,26?/m1/s1. The Bertz CT molecular complexity index is 1090. The zero-order valence-corrected chi connectivity index (χ0v) is 20.8. The second-order valence-corrected chi connectivity index (χ2v) is 9.82. The van der Waals surface area contributed by atoms with Crippen LogP contribution >= 0.6 is 23.4 Å². The van der Waals surface area contributed by atoms with Gasteiger partial charge in [-0.15, -0.1) is 11.8 Å². The molecular weight excluding hydrogens is 495 g/mol. The van der Waals surface area contributed by atoms with Crippen molar-refractivity contribution in [2.24, 2.45) is 0 Å². The van der Waals surface area contributed by atoms with Gasteiger partial charge in [0.25, 0.3) is 0 Å². The predicted octanol–water partition coefficient (Wildman–Crippen LogP) is 5.33. The van der Waals surface area contributed by atoms with E-state index < -0.39 is 29.6 Å². The van der Waals surface area contributed by atoms with Crippen LogP contribution in [0.4, 0.5) is 4.39 Å². The summed E-state index contributed by atoms with van der Waals surface area (Å²) in [6, 6.07) is 13.0. The van der Waals surface area contributed by atoms with Crippen molar-refractivity contribution in [3.63, 3.8) is 0 Å². The third-order valence-corrected chi connectivity index (χ3v) is 7.45. The number of thioether (sulfide) groups is 1. The zero-order chi connectivity index (χ0) is 24.8. The summed E-state index contributed by atoms with van der Waals surface area (Å²) < 4.78 is 36.1. The molecule has 1 heterocycles. The highest BCUT2D eigenvalue weighted by Crippen LogP contribution is 2.42. The molecule has 0 aromatic heterocycles. The van der Waals surface area contributed by atoms with Crippen LogP contribution in [0, 0.1) is 5.82 Å². The molecule has 186 valence electrons. The second-order valence-electron chi connectivity index (χ2n) is 8.22. The van der Waals surface area contributed by atoms with E-state index >= 15 is 0 Å². The van der Waals surface area contributed by atoms with Gasteiger partial charge in [-0.3, -0.25) is 0 Å². The van der Waals surface area contributed by atoms with Crippen molar-refractivity contribution >= 4 is 35.3 Å². The van der Waals surface area contributed by atoms with Gasteiger partial charge in [-0.2, -0.15) is 0 Å². The predicted molar refractivity (Wildman–Crippen MR) is 131 cm³/mol. The van der Waals surface area contributed by atoms with Crippen molar-refractivity contribution in [2.45, 2.75) is 42.7 Å². The molecule has 0 bridgehead atoms. The van der Waals surface area contributed by atoms with Crippen LogP contribution < -0.4 is 0 Å². The molecule has 9 heteroatoms. The van der Waals surface area contributed by atoms with E-state index in [-0.39, 0.29) is 25.1 Å². The molecule has 2 aliphatic rings. The summed E-state index contributed by atoms with van der Waals surface area (Å²) in [4.78, 5) is 25.0. The molecule has 2 aromatic carbocycles. The number of hydrogen-bond acceptors (Lipinski definition) is 7. The topological polar surface area (TPSA) is 71.1 Å². The highest BCUT2D eigenvalue weighted by molar-refractivity contribution is 7.99. The third kappa shape index (κ3) is 6.44. The van der Waals surface area contributed by atoms with Gasteiger partial charge < -0.3 is 18.9 Å². The number of hydrogen-bond donors (Lipinski definition) is 0. The third-order valence-electron chi connectivity index (χ3n) is 5.73. The van der Waals surface area contributed by atoms with E-state index in [0.29, 0.717) is 34.8 Å². The minimum atomic E-state index is -1.07. The van der Waals surface area contributed by atoms with Crippen LogP contribution in [0.5, 0.6) is 0 Å². The first-order valence-corrected chi connectivity index (χ1v) is 12.8. The lowest BCUT2D eigenvalue weighted by Crippen LogP contribution is -2.37. The molecule has 3 atom stereocenters. The van der Waals surface area contributed by atoms with E-state index in [1.165, 1.54) is 23.9 Å². The molecule has 35 heavy (non-hydrogen) atoms. The molecule has 1 aliphatic carbocycles. The molecule has 1 saturated heterocycles. The summed E-state index contributed by atoms with van der Waals surface area (Å²) in [5, 5.41) is 0.185. The van der Waals surface area contributed by atoms with E-state index in [1.54, 1.807) is 43.3 Å². The fraction of sp³-hybridized carbons (Fsp3) is 0.385. The Balaban J connectivity index is 1.41. The summed E-state index contributed by atoms with van der Waals surface area (Å²) in [5.74, 6) is -1.82. The SMILES string of the molecule is CCOC(=O)C1=CC2(CCC1SCc1ccc(F)cc1Cl)OC[C@@H](COC(=O)c1ccccc1)O2. The van der Waals surface area contributed by atoms with Gasteiger partial charge in [0.2, 0.25) is 0 Å². The maximum Gasteiger partial charge on any atom is 0.338 e. The molecule has 0 radical (unpaired) electrons. The van der Waals surface area contributed by atoms with Crippen LogP contribution in [0.25, 0.3) is 0 Å². The summed E-state index contributed by atoms with van der Waals surface area (Å²) in [6.07, 6.45) is 2.36. The minimum absolute atomic E-state index is 0.0410. The van der Waals surface area contributed by atoms with Crippen molar-refractivity contribution < 1.29 is 32.9 Å². The first-order valence-electron chi connectivity index (χ1n) is 11.4. The average molecular weight is 521 g/mol. The highest BCUT2D eigenvalue weighted by Gasteiger charge is 2.45. The van der Waals surface area contributed by atoms with Crippen molar-refractivity contribution in [2.75, 3.05) is 19.8 Å². The van der Waals surface area contributed by atoms with Crippen molar-refractivity contribution in [3.05, 3.63) is 82.1 Å². The number of benzene rings is 2. The zero-order valence-electron chi connectivity index (χ0n) is 19.2. The number of halogens is 2. The monoisotopic (exact) mass is 520 g/mol. The van der Waals surface area contributed by atoms with Crippen LogP contribution in [-0.4, -0.2) is 48.9 Å². The van der Waals surface area contributed by atoms with Crippen molar-refractivity contribution in [1.82, 2.24) is 0 Å². The van der Waals surface area contributed by atoms with E-state index in [1.807, 2.05) is 6.07 Å². The van der Waals surface area contributed by atoms with Gasteiger partial charge in [0.1, 0.15) is 18.5 Å². The van der Waals surface area contributed by atoms with Crippen LogP contribution in [0.3, 0.4) is 0 Å². The Morgan fingerprint density at radius 1 is 1.17 bits per heavy atom. The van der Waals surface area contributed by atoms with Gasteiger partial charge in [-0.1, -0.05) is 35.9 Å². The number of ether oxygens (including phenoxy) is 4. The molecule has 6 nitrogen and oxygen atoms in total. The Morgan fingerprint density at radius 3 is 2.71 bits per heavy atom. The van der Waals surface area contributed by atoms with Gasteiger partial charge in [0, 0.05) is 22.4 Å². The first kappa shape index (κ1) is 25.7.